The minimum Gasteiger partial charge on any atom is -0.361 e. The molecule has 0 saturated carbocycles. The lowest BCUT2D eigenvalue weighted by Gasteiger charge is -2.15. The van der Waals surface area contributed by atoms with E-state index in [9.17, 15) is 4.79 Å². The molecule has 0 aliphatic heterocycles. The topological polar surface area (TPSA) is 45.2 Å². The van der Waals surface area contributed by atoms with Crippen LogP contribution in [0.25, 0.3) is 0 Å². The highest BCUT2D eigenvalue weighted by Gasteiger charge is 2.07. The van der Waals surface area contributed by atoms with E-state index in [2.05, 4.69) is 26.2 Å². The second-order valence-electron chi connectivity index (χ2n) is 3.26. The summed E-state index contributed by atoms with van der Waals surface area (Å²) in [6, 6.07) is 3.64. The molecule has 0 unspecified atom stereocenters. The van der Waals surface area contributed by atoms with Crippen LogP contribution in [-0.2, 0) is 4.79 Å². The van der Waals surface area contributed by atoms with Gasteiger partial charge in [-0.1, -0.05) is 15.9 Å². The summed E-state index contributed by atoms with van der Waals surface area (Å²) in [6.45, 7) is 0. The highest BCUT2D eigenvalue weighted by atomic mass is 79.9. The molecular formula is C10H14BrN3O. The van der Waals surface area contributed by atoms with Gasteiger partial charge in [0.15, 0.2) is 5.82 Å². The number of anilines is 2. The van der Waals surface area contributed by atoms with Crippen molar-refractivity contribution in [2.45, 2.75) is 6.42 Å². The third kappa shape index (κ3) is 3.51. The van der Waals surface area contributed by atoms with Crippen molar-refractivity contribution in [2.75, 3.05) is 29.6 Å². The highest BCUT2D eigenvalue weighted by Crippen LogP contribution is 2.20. The lowest BCUT2D eigenvalue weighted by Crippen LogP contribution is -2.17. The molecule has 0 fully saturated rings. The zero-order chi connectivity index (χ0) is 11.3. The van der Waals surface area contributed by atoms with Gasteiger partial charge in [-0.2, -0.15) is 0 Å². The van der Waals surface area contributed by atoms with Crippen LogP contribution in [0.3, 0.4) is 0 Å². The zero-order valence-electron chi connectivity index (χ0n) is 8.83. The number of hydrogen-bond donors (Lipinski definition) is 1. The number of pyridine rings is 1. The molecule has 5 heteroatoms. The number of hydrogen-bond acceptors (Lipinski definition) is 3. The zero-order valence-corrected chi connectivity index (χ0v) is 10.4. The quantitative estimate of drug-likeness (QED) is 0.851. The maximum absolute atomic E-state index is 11.4. The van der Waals surface area contributed by atoms with E-state index in [0.29, 0.717) is 11.8 Å². The van der Waals surface area contributed by atoms with E-state index < -0.39 is 0 Å². The molecule has 15 heavy (non-hydrogen) atoms. The Morgan fingerprint density at radius 3 is 2.93 bits per heavy atom. The predicted octanol–water partition coefficient (Wildman–Crippen LogP) is 1.87. The Hall–Kier alpha value is -1.10. The fourth-order valence-corrected chi connectivity index (χ4v) is 1.51. The van der Waals surface area contributed by atoms with Gasteiger partial charge in [-0.05, 0) is 12.1 Å². The minimum atomic E-state index is -0.0111. The van der Waals surface area contributed by atoms with Gasteiger partial charge in [-0.25, -0.2) is 4.98 Å². The van der Waals surface area contributed by atoms with Gasteiger partial charge in [-0.3, -0.25) is 4.79 Å². The summed E-state index contributed by atoms with van der Waals surface area (Å²) in [6.07, 6.45) is 2.16. The van der Waals surface area contributed by atoms with Crippen molar-refractivity contribution in [2.24, 2.45) is 0 Å². The van der Waals surface area contributed by atoms with E-state index in [0.717, 1.165) is 11.5 Å². The molecule has 0 atom stereocenters. The van der Waals surface area contributed by atoms with Crippen LogP contribution in [0.4, 0.5) is 11.5 Å². The van der Waals surface area contributed by atoms with Gasteiger partial charge >= 0.3 is 0 Å². The Kier molecular flexibility index (Phi) is 4.55. The molecule has 1 aromatic heterocycles. The predicted molar refractivity (Wildman–Crippen MR) is 65.6 cm³/mol. The standard InChI is InChI=1S/C10H14BrN3O/c1-14(2)10-8(4-3-7-12-10)13-9(15)5-6-11/h3-4,7H,5-6H2,1-2H3,(H,13,15). The van der Waals surface area contributed by atoms with Gasteiger partial charge < -0.3 is 10.2 Å². The number of carbonyl (C=O) groups excluding carboxylic acids is 1. The molecule has 0 saturated heterocycles. The summed E-state index contributed by atoms with van der Waals surface area (Å²) < 4.78 is 0. The summed E-state index contributed by atoms with van der Waals surface area (Å²) in [5.74, 6) is 0.753. The van der Waals surface area contributed by atoms with E-state index >= 15 is 0 Å². The van der Waals surface area contributed by atoms with Crippen LogP contribution in [0.1, 0.15) is 6.42 Å². The molecule has 0 aromatic carbocycles. The highest BCUT2D eigenvalue weighted by molar-refractivity contribution is 9.09. The Morgan fingerprint density at radius 2 is 2.33 bits per heavy atom. The third-order valence-electron chi connectivity index (χ3n) is 1.81. The first-order chi connectivity index (χ1) is 7.15. The fourth-order valence-electron chi connectivity index (χ4n) is 1.15. The molecule has 0 radical (unpaired) electrons. The van der Waals surface area contributed by atoms with Crippen LogP contribution >= 0.6 is 15.9 Å². The van der Waals surface area contributed by atoms with Gasteiger partial charge in [0, 0.05) is 32.0 Å². The van der Waals surface area contributed by atoms with Gasteiger partial charge in [0.2, 0.25) is 5.91 Å². The van der Waals surface area contributed by atoms with Gasteiger partial charge in [-0.15, -0.1) is 0 Å². The van der Waals surface area contributed by atoms with Crippen LogP contribution in [0, 0.1) is 0 Å². The van der Waals surface area contributed by atoms with Crippen LogP contribution in [-0.4, -0.2) is 30.3 Å². The summed E-state index contributed by atoms with van der Waals surface area (Å²) in [4.78, 5) is 17.5. The summed E-state index contributed by atoms with van der Waals surface area (Å²) in [7, 11) is 3.78. The average Bonchev–Trinajstić information content (AvgIpc) is 2.18. The monoisotopic (exact) mass is 271 g/mol. The number of aromatic nitrogens is 1. The van der Waals surface area contributed by atoms with Crippen molar-refractivity contribution in [1.29, 1.82) is 0 Å². The first kappa shape index (κ1) is 12.0. The normalized spacial score (nSPS) is 9.80. The first-order valence-corrected chi connectivity index (χ1v) is 5.75. The lowest BCUT2D eigenvalue weighted by atomic mass is 10.3. The molecular weight excluding hydrogens is 258 g/mol. The molecule has 1 aromatic rings. The summed E-state index contributed by atoms with van der Waals surface area (Å²) in [5, 5.41) is 3.48. The smallest absolute Gasteiger partial charge is 0.225 e. The number of halogens is 1. The average molecular weight is 272 g/mol. The molecule has 82 valence electrons. The molecule has 1 rings (SSSR count). The molecule has 0 aliphatic carbocycles. The molecule has 4 nitrogen and oxygen atoms in total. The summed E-state index contributed by atoms with van der Waals surface area (Å²) >= 11 is 3.22. The van der Waals surface area contributed by atoms with Crippen molar-refractivity contribution >= 4 is 33.3 Å². The number of amides is 1. The van der Waals surface area contributed by atoms with Crippen molar-refractivity contribution < 1.29 is 4.79 Å². The van der Waals surface area contributed by atoms with Crippen LogP contribution in [0.2, 0.25) is 0 Å². The van der Waals surface area contributed by atoms with Crippen molar-refractivity contribution in [1.82, 2.24) is 4.98 Å². The second-order valence-corrected chi connectivity index (χ2v) is 4.05. The third-order valence-corrected chi connectivity index (χ3v) is 2.20. The van der Waals surface area contributed by atoms with Crippen molar-refractivity contribution in [3.05, 3.63) is 18.3 Å². The second kappa shape index (κ2) is 5.70. The van der Waals surface area contributed by atoms with Crippen molar-refractivity contribution in [3.8, 4) is 0 Å². The largest absolute Gasteiger partial charge is 0.361 e. The molecule has 0 bridgehead atoms. The van der Waals surface area contributed by atoms with Crippen LogP contribution in [0.15, 0.2) is 18.3 Å². The molecule has 1 amide bonds. The molecule has 1 N–H and O–H groups in total. The first-order valence-electron chi connectivity index (χ1n) is 4.63. The number of alkyl halides is 1. The van der Waals surface area contributed by atoms with E-state index in [4.69, 9.17) is 0 Å². The number of nitrogens with one attached hydrogen (secondary N) is 1. The number of rotatable bonds is 4. The van der Waals surface area contributed by atoms with Crippen LogP contribution in [0.5, 0.6) is 0 Å². The van der Waals surface area contributed by atoms with E-state index in [1.54, 1.807) is 12.3 Å². The maximum atomic E-state index is 11.4. The fraction of sp³-hybridized carbons (Fsp3) is 0.400. The Bertz CT molecular complexity index is 341. The maximum Gasteiger partial charge on any atom is 0.225 e. The van der Waals surface area contributed by atoms with Crippen molar-refractivity contribution in [3.63, 3.8) is 0 Å². The SMILES string of the molecule is CN(C)c1ncccc1NC(=O)CCBr. The lowest BCUT2D eigenvalue weighted by molar-refractivity contribution is -0.115. The van der Waals surface area contributed by atoms with E-state index in [1.807, 2.05) is 25.1 Å². The molecule has 0 aliphatic rings. The Balaban J connectivity index is 2.80. The number of nitrogens with zero attached hydrogens (tertiary/aromatic N) is 2. The Morgan fingerprint density at radius 1 is 1.60 bits per heavy atom. The minimum absolute atomic E-state index is 0.0111. The van der Waals surface area contributed by atoms with Gasteiger partial charge in [0.1, 0.15) is 0 Å². The Labute approximate surface area is 97.8 Å². The van der Waals surface area contributed by atoms with Crippen LogP contribution < -0.4 is 10.2 Å². The molecule has 1 heterocycles. The van der Waals surface area contributed by atoms with E-state index in [1.165, 1.54) is 0 Å². The molecule has 0 spiro atoms. The number of carbonyl (C=O) groups is 1. The van der Waals surface area contributed by atoms with E-state index in [-0.39, 0.29) is 5.91 Å². The van der Waals surface area contributed by atoms with Gasteiger partial charge in [0.25, 0.3) is 0 Å². The summed E-state index contributed by atoms with van der Waals surface area (Å²) in [5.41, 5.74) is 0.744. The van der Waals surface area contributed by atoms with Gasteiger partial charge in [0.05, 0.1) is 5.69 Å².